The molecule has 0 spiro atoms. The zero-order valence-corrected chi connectivity index (χ0v) is 18.2. The SMILES string of the molecule is C=C(F)CCCN[C@H]1CCCC[C@H]1Oc1ccc2c(c1)CN(C1CCC(=O)NC1=O)C2=O. The predicted octanol–water partition coefficient (Wildman–Crippen LogP) is 2.99. The van der Waals surface area contributed by atoms with Crippen LogP contribution < -0.4 is 15.4 Å². The van der Waals surface area contributed by atoms with E-state index in [1.807, 2.05) is 12.1 Å². The second-order valence-electron chi connectivity index (χ2n) is 8.84. The maximum Gasteiger partial charge on any atom is 0.255 e. The fourth-order valence-corrected chi connectivity index (χ4v) is 4.84. The zero-order chi connectivity index (χ0) is 22.7. The van der Waals surface area contributed by atoms with Gasteiger partial charge in [0.2, 0.25) is 11.8 Å². The molecule has 1 aromatic rings. The molecule has 3 atom stereocenters. The molecule has 172 valence electrons. The fourth-order valence-electron chi connectivity index (χ4n) is 4.84. The molecule has 2 heterocycles. The number of fused-ring (bicyclic) bond motifs is 1. The lowest BCUT2D eigenvalue weighted by Crippen LogP contribution is -2.52. The Kier molecular flexibility index (Phi) is 6.89. The van der Waals surface area contributed by atoms with Crippen LogP contribution in [-0.2, 0) is 16.1 Å². The van der Waals surface area contributed by atoms with E-state index in [0.29, 0.717) is 43.7 Å². The molecule has 1 unspecified atom stereocenters. The molecule has 8 heteroatoms. The highest BCUT2D eigenvalue weighted by Crippen LogP contribution is 2.32. The quantitative estimate of drug-likeness (QED) is 0.476. The molecule has 1 saturated heterocycles. The van der Waals surface area contributed by atoms with Crippen LogP contribution in [0.4, 0.5) is 4.39 Å². The van der Waals surface area contributed by atoms with Crippen LogP contribution >= 0.6 is 0 Å². The van der Waals surface area contributed by atoms with Crippen molar-refractivity contribution in [2.45, 2.75) is 76.1 Å². The van der Waals surface area contributed by atoms with Gasteiger partial charge in [0.15, 0.2) is 0 Å². The Hall–Kier alpha value is -2.74. The molecule has 1 aliphatic carbocycles. The molecule has 2 fully saturated rings. The number of allylic oxidation sites excluding steroid dienone is 1. The highest BCUT2D eigenvalue weighted by atomic mass is 19.1. The summed E-state index contributed by atoms with van der Waals surface area (Å²) >= 11 is 0. The number of carbonyl (C=O) groups is 3. The largest absolute Gasteiger partial charge is 0.489 e. The van der Waals surface area contributed by atoms with Crippen molar-refractivity contribution >= 4 is 17.7 Å². The molecular weight excluding hydrogens is 413 g/mol. The van der Waals surface area contributed by atoms with E-state index in [1.54, 1.807) is 11.0 Å². The summed E-state index contributed by atoms with van der Waals surface area (Å²) < 4.78 is 19.2. The summed E-state index contributed by atoms with van der Waals surface area (Å²) in [4.78, 5) is 38.0. The lowest BCUT2D eigenvalue weighted by atomic mass is 9.92. The minimum absolute atomic E-state index is 0.0127. The summed E-state index contributed by atoms with van der Waals surface area (Å²) in [6.07, 6.45) is 5.84. The van der Waals surface area contributed by atoms with Crippen LogP contribution in [0.1, 0.15) is 67.3 Å². The maximum absolute atomic E-state index is 12.8. The minimum Gasteiger partial charge on any atom is -0.489 e. The summed E-state index contributed by atoms with van der Waals surface area (Å²) in [5.41, 5.74) is 1.41. The third-order valence-electron chi connectivity index (χ3n) is 6.52. The molecule has 2 N–H and O–H groups in total. The third-order valence-corrected chi connectivity index (χ3v) is 6.52. The van der Waals surface area contributed by atoms with Crippen molar-refractivity contribution in [1.82, 2.24) is 15.5 Å². The average molecular weight is 444 g/mol. The topological polar surface area (TPSA) is 87.7 Å². The number of imide groups is 1. The van der Waals surface area contributed by atoms with Gasteiger partial charge in [-0.05, 0) is 68.8 Å². The molecule has 1 saturated carbocycles. The van der Waals surface area contributed by atoms with Crippen molar-refractivity contribution in [3.63, 3.8) is 0 Å². The molecule has 2 aliphatic heterocycles. The highest BCUT2D eigenvalue weighted by Gasteiger charge is 2.39. The van der Waals surface area contributed by atoms with E-state index in [4.69, 9.17) is 4.74 Å². The Morgan fingerprint density at radius 2 is 2.03 bits per heavy atom. The van der Waals surface area contributed by atoms with Crippen molar-refractivity contribution in [3.05, 3.63) is 41.7 Å². The Morgan fingerprint density at radius 3 is 2.81 bits per heavy atom. The van der Waals surface area contributed by atoms with E-state index in [9.17, 15) is 18.8 Å². The number of ether oxygens (including phenoxy) is 1. The van der Waals surface area contributed by atoms with Crippen LogP contribution in [0.2, 0.25) is 0 Å². The van der Waals surface area contributed by atoms with Gasteiger partial charge < -0.3 is 15.0 Å². The monoisotopic (exact) mass is 443 g/mol. The first-order chi connectivity index (χ1) is 15.4. The Morgan fingerprint density at radius 1 is 1.22 bits per heavy atom. The number of benzene rings is 1. The van der Waals surface area contributed by atoms with E-state index in [0.717, 1.165) is 31.2 Å². The summed E-state index contributed by atoms with van der Waals surface area (Å²) in [6.45, 7) is 4.35. The predicted molar refractivity (Wildman–Crippen MR) is 117 cm³/mol. The smallest absolute Gasteiger partial charge is 0.255 e. The summed E-state index contributed by atoms with van der Waals surface area (Å²) in [5.74, 6) is -0.477. The molecule has 0 radical (unpaired) electrons. The van der Waals surface area contributed by atoms with E-state index in [1.165, 1.54) is 0 Å². The van der Waals surface area contributed by atoms with Crippen molar-refractivity contribution in [2.24, 2.45) is 0 Å². The van der Waals surface area contributed by atoms with Crippen LogP contribution in [0, 0.1) is 0 Å². The van der Waals surface area contributed by atoms with Gasteiger partial charge in [0.1, 0.15) is 17.9 Å². The van der Waals surface area contributed by atoms with E-state index < -0.39 is 11.9 Å². The number of nitrogens with zero attached hydrogens (tertiary/aromatic N) is 1. The number of rotatable bonds is 8. The van der Waals surface area contributed by atoms with Gasteiger partial charge in [-0.1, -0.05) is 13.0 Å². The van der Waals surface area contributed by atoms with Gasteiger partial charge in [-0.3, -0.25) is 19.7 Å². The average Bonchev–Trinajstić information content (AvgIpc) is 3.08. The van der Waals surface area contributed by atoms with Crippen LogP contribution in [0.5, 0.6) is 5.75 Å². The minimum atomic E-state index is -0.621. The second-order valence-corrected chi connectivity index (χ2v) is 8.84. The van der Waals surface area contributed by atoms with Gasteiger partial charge in [0, 0.05) is 24.6 Å². The van der Waals surface area contributed by atoms with Crippen LogP contribution in [0.3, 0.4) is 0 Å². The van der Waals surface area contributed by atoms with Gasteiger partial charge in [0.05, 0.1) is 5.83 Å². The standard InChI is InChI=1S/C24H30FN3O4/c1-15(25)5-4-12-26-19-6-2-3-7-21(19)32-17-8-9-18-16(13-17)14-28(24(18)31)20-10-11-22(29)27-23(20)30/h8-9,13,19-21,26H,1-7,10-12,14H2,(H,27,29,30)/t19-,20?,21+/m0/s1. The summed E-state index contributed by atoms with van der Waals surface area (Å²) in [5, 5.41) is 5.82. The van der Waals surface area contributed by atoms with E-state index in [-0.39, 0.29) is 36.2 Å². The summed E-state index contributed by atoms with van der Waals surface area (Å²) in [7, 11) is 0. The first kappa shape index (κ1) is 22.5. The number of halogens is 1. The van der Waals surface area contributed by atoms with Gasteiger partial charge in [-0.2, -0.15) is 0 Å². The number of piperidine rings is 1. The molecule has 0 aromatic heterocycles. The molecular formula is C24H30FN3O4. The number of hydrogen-bond donors (Lipinski definition) is 2. The normalized spacial score (nSPS) is 25.5. The maximum atomic E-state index is 12.8. The third kappa shape index (κ3) is 5.01. The van der Waals surface area contributed by atoms with Crippen molar-refractivity contribution in [2.75, 3.05) is 6.54 Å². The Bertz CT molecular complexity index is 919. The Labute approximate surface area is 187 Å². The van der Waals surface area contributed by atoms with E-state index in [2.05, 4.69) is 17.2 Å². The lowest BCUT2D eigenvalue weighted by molar-refractivity contribution is -0.136. The number of nitrogens with one attached hydrogen (secondary N) is 2. The molecule has 4 rings (SSSR count). The van der Waals surface area contributed by atoms with Gasteiger partial charge in [0.25, 0.3) is 5.91 Å². The second kappa shape index (κ2) is 9.81. The molecule has 32 heavy (non-hydrogen) atoms. The molecule has 7 nitrogen and oxygen atoms in total. The van der Waals surface area contributed by atoms with Crippen molar-refractivity contribution in [3.8, 4) is 5.75 Å². The molecule has 0 bridgehead atoms. The van der Waals surface area contributed by atoms with Crippen LogP contribution in [-0.4, -0.2) is 47.4 Å². The number of carbonyl (C=O) groups excluding carboxylic acids is 3. The van der Waals surface area contributed by atoms with Crippen LogP contribution in [0.25, 0.3) is 0 Å². The molecule has 3 aliphatic rings. The van der Waals surface area contributed by atoms with Crippen LogP contribution in [0.15, 0.2) is 30.6 Å². The fraction of sp³-hybridized carbons (Fsp3) is 0.542. The Balaban J connectivity index is 1.39. The highest BCUT2D eigenvalue weighted by molar-refractivity contribution is 6.05. The van der Waals surface area contributed by atoms with Gasteiger partial charge in [-0.15, -0.1) is 0 Å². The van der Waals surface area contributed by atoms with Crippen molar-refractivity contribution < 1.29 is 23.5 Å². The lowest BCUT2D eigenvalue weighted by Gasteiger charge is -2.32. The molecule has 1 aromatic carbocycles. The van der Waals surface area contributed by atoms with E-state index >= 15 is 0 Å². The van der Waals surface area contributed by atoms with Crippen molar-refractivity contribution in [1.29, 1.82) is 0 Å². The molecule has 3 amide bonds. The van der Waals surface area contributed by atoms with Gasteiger partial charge >= 0.3 is 0 Å². The number of hydrogen-bond acceptors (Lipinski definition) is 5. The zero-order valence-electron chi connectivity index (χ0n) is 18.2. The first-order valence-corrected chi connectivity index (χ1v) is 11.4. The number of amides is 3. The first-order valence-electron chi connectivity index (χ1n) is 11.4. The van der Waals surface area contributed by atoms with Gasteiger partial charge in [-0.25, -0.2) is 4.39 Å². The summed E-state index contributed by atoms with van der Waals surface area (Å²) in [6, 6.07) is 5.04.